The highest BCUT2D eigenvalue weighted by atomic mass is 16.2. The van der Waals surface area contributed by atoms with E-state index in [9.17, 15) is 4.79 Å². The first-order chi connectivity index (χ1) is 14.3. The van der Waals surface area contributed by atoms with Gasteiger partial charge in [0.25, 0.3) is 5.91 Å². The Bertz CT molecular complexity index is 1070. The van der Waals surface area contributed by atoms with Gasteiger partial charge in [-0.2, -0.15) is 0 Å². The van der Waals surface area contributed by atoms with Crippen LogP contribution in [0, 0.1) is 0 Å². The van der Waals surface area contributed by atoms with Crippen molar-refractivity contribution in [1.29, 1.82) is 0 Å². The fourth-order valence-electron chi connectivity index (χ4n) is 3.37. The molecule has 0 aromatic heterocycles. The molecule has 0 fully saturated rings. The molecule has 2 aromatic carbocycles. The lowest BCUT2D eigenvalue weighted by molar-refractivity contribution is -0.113. The van der Waals surface area contributed by atoms with Crippen LogP contribution in [0.4, 0.5) is 5.82 Å². The molecule has 3 heteroatoms. The lowest BCUT2D eigenvalue weighted by Crippen LogP contribution is -2.31. The Balaban J connectivity index is 1.78. The molecule has 0 saturated carbocycles. The number of hydrogen-bond acceptors (Lipinski definition) is 2. The van der Waals surface area contributed by atoms with E-state index in [1.807, 2.05) is 110 Å². The summed E-state index contributed by atoms with van der Waals surface area (Å²) < 4.78 is 0. The van der Waals surface area contributed by atoms with Gasteiger partial charge in [0.05, 0.1) is 5.69 Å². The summed E-state index contributed by atoms with van der Waals surface area (Å²) in [5.74, 6) is 0.614. The van der Waals surface area contributed by atoms with Crippen molar-refractivity contribution in [3.05, 3.63) is 108 Å². The predicted molar refractivity (Wildman–Crippen MR) is 120 cm³/mol. The molecule has 2 aromatic rings. The average molecular weight is 378 g/mol. The Hall–Kier alpha value is -3.72. The zero-order chi connectivity index (χ0) is 20.1. The fraction of sp³-hybridized carbons (Fsp3) is 0.0769. The van der Waals surface area contributed by atoms with Crippen LogP contribution in [0.1, 0.15) is 18.1 Å². The molecule has 1 amide bonds. The number of rotatable bonds is 5. The first-order valence-electron chi connectivity index (χ1n) is 9.76. The normalized spacial score (nSPS) is 11.4. The molecule has 1 heterocycles. The summed E-state index contributed by atoms with van der Waals surface area (Å²) in [6.07, 6.45) is 1.95. The maximum atomic E-state index is 13.6. The van der Waals surface area contributed by atoms with Crippen LogP contribution in [-0.2, 0) is 4.79 Å². The largest absolute Gasteiger partial charge is 0.293 e. The summed E-state index contributed by atoms with van der Waals surface area (Å²) in [7, 11) is 0. The molecular formula is C26H22N2O. The van der Waals surface area contributed by atoms with Gasteiger partial charge in [0.2, 0.25) is 0 Å². The summed E-state index contributed by atoms with van der Waals surface area (Å²) >= 11 is 0. The summed E-state index contributed by atoms with van der Waals surface area (Å²) in [4.78, 5) is 20.1. The average Bonchev–Trinajstić information content (AvgIpc) is 3.03. The van der Waals surface area contributed by atoms with Gasteiger partial charge in [0, 0.05) is 17.7 Å². The Labute approximate surface area is 171 Å². The number of carbonyl (C=O) groups excluding carboxylic acids is 1. The minimum atomic E-state index is -0.0604. The molecule has 142 valence electrons. The molecule has 0 saturated heterocycles. The highest BCUT2D eigenvalue weighted by Crippen LogP contribution is 2.29. The molecule has 0 unspecified atom stereocenters. The van der Waals surface area contributed by atoms with E-state index >= 15 is 0 Å². The lowest BCUT2D eigenvalue weighted by Gasteiger charge is -2.20. The number of likely N-dealkylation sites (N-methyl/N-ethyl adjacent to an activating group) is 1. The van der Waals surface area contributed by atoms with Crippen LogP contribution in [0.5, 0.6) is 0 Å². The van der Waals surface area contributed by atoms with Crippen LogP contribution in [-0.4, -0.2) is 17.4 Å². The Morgan fingerprint density at radius 3 is 2.17 bits per heavy atom. The third kappa shape index (κ3) is 4.09. The van der Waals surface area contributed by atoms with Crippen molar-refractivity contribution in [1.82, 2.24) is 4.98 Å². The summed E-state index contributed by atoms with van der Waals surface area (Å²) in [5, 5.41) is 0. The Kier molecular flexibility index (Phi) is 5.48. The van der Waals surface area contributed by atoms with E-state index in [-0.39, 0.29) is 5.91 Å². The SMILES string of the molecule is CCN(C(=O)/C(=C\c1ccccc1)c1ccccc1)c1cc2cccccc-2n1. The van der Waals surface area contributed by atoms with E-state index in [1.165, 1.54) is 0 Å². The highest BCUT2D eigenvalue weighted by Gasteiger charge is 2.23. The van der Waals surface area contributed by atoms with Gasteiger partial charge in [-0.3, -0.25) is 9.69 Å². The Morgan fingerprint density at radius 2 is 1.48 bits per heavy atom. The van der Waals surface area contributed by atoms with Gasteiger partial charge < -0.3 is 0 Å². The minimum absolute atomic E-state index is 0.0604. The van der Waals surface area contributed by atoms with Crippen LogP contribution in [0.25, 0.3) is 22.9 Å². The van der Waals surface area contributed by atoms with Crippen LogP contribution in [0.15, 0.2) is 97.1 Å². The molecule has 29 heavy (non-hydrogen) atoms. The first-order valence-corrected chi connectivity index (χ1v) is 9.76. The number of anilines is 1. The fourth-order valence-corrected chi connectivity index (χ4v) is 3.37. The van der Waals surface area contributed by atoms with Crippen LogP contribution < -0.4 is 4.90 Å². The maximum absolute atomic E-state index is 13.6. The number of nitrogens with zero attached hydrogens (tertiary/aromatic N) is 2. The number of amides is 1. The van der Waals surface area contributed by atoms with Gasteiger partial charge in [0.1, 0.15) is 5.82 Å². The van der Waals surface area contributed by atoms with Gasteiger partial charge in [-0.05, 0) is 36.3 Å². The molecule has 0 spiro atoms. The third-order valence-electron chi connectivity index (χ3n) is 4.83. The van der Waals surface area contributed by atoms with Crippen molar-refractivity contribution in [3.63, 3.8) is 0 Å². The van der Waals surface area contributed by atoms with Crippen molar-refractivity contribution in [3.8, 4) is 11.3 Å². The van der Waals surface area contributed by atoms with Crippen molar-refractivity contribution in [2.24, 2.45) is 0 Å². The molecule has 0 N–H and O–H groups in total. The van der Waals surface area contributed by atoms with Crippen molar-refractivity contribution >= 4 is 23.4 Å². The summed E-state index contributed by atoms with van der Waals surface area (Å²) in [5.41, 5.74) is 4.43. The van der Waals surface area contributed by atoms with Gasteiger partial charge >= 0.3 is 0 Å². The Morgan fingerprint density at radius 1 is 0.862 bits per heavy atom. The first kappa shape index (κ1) is 18.6. The topological polar surface area (TPSA) is 33.2 Å². The molecule has 1 aliphatic carbocycles. The zero-order valence-electron chi connectivity index (χ0n) is 16.3. The van der Waals surface area contributed by atoms with E-state index in [4.69, 9.17) is 4.98 Å². The molecule has 0 atom stereocenters. The number of carbonyl (C=O) groups is 1. The van der Waals surface area contributed by atoms with Gasteiger partial charge in [-0.1, -0.05) is 84.9 Å². The molecule has 1 aliphatic heterocycles. The van der Waals surface area contributed by atoms with E-state index in [1.54, 1.807) is 4.90 Å². The molecule has 2 aliphatic rings. The summed E-state index contributed by atoms with van der Waals surface area (Å²) in [6.45, 7) is 2.51. The lowest BCUT2D eigenvalue weighted by atomic mass is 10.0. The molecule has 3 nitrogen and oxygen atoms in total. The van der Waals surface area contributed by atoms with Crippen LogP contribution in [0.2, 0.25) is 0 Å². The van der Waals surface area contributed by atoms with E-state index < -0.39 is 0 Å². The van der Waals surface area contributed by atoms with E-state index in [0.717, 1.165) is 22.4 Å². The molecule has 0 radical (unpaired) electrons. The second-order valence-electron chi connectivity index (χ2n) is 6.75. The second-order valence-corrected chi connectivity index (χ2v) is 6.75. The number of benzene rings is 2. The van der Waals surface area contributed by atoms with Gasteiger partial charge in [0.15, 0.2) is 0 Å². The number of fused-ring (bicyclic) bond motifs is 1. The molecule has 0 bridgehead atoms. The maximum Gasteiger partial charge on any atom is 0.260 e. The van der Waals surface area contributed by atoms with E-state index in [2.05, 4.69) is 0 Å². The van der Waals surface area contributed by atoms with Crippen LogP contribution in [0.3, 0.4) is 0 Å². The minimum Gasteiger partial charge on any atom is -0.293 e. The van der Waals surface area contributed by atoms with Crippen LogP contribution >= 0.6 is 0 Å². The predicted octanol–water partition coefficient (Wildman–Crippen LogP) is 5.78. The molecular weight excluding hydrogens is 356 g/mol. The quantitative estimate of drug-likeness (QED) is 0.326. The zero-order valence-corrected chi connectivity index (χ0v) is 16.3. The summed E-state index contributed by atoms with van der Waals surface area (Å²) in [6, 6.07) is 31.6. The van der Waals surface area contributed by atoms with Crippen molar-refractivity contribution in [2.75, 3.05) is 11.4 Å². The van der Waals surface area contributed by atoms with Gasteiger partial charge in [-0.25, -0.2) is 4.98 Å². The molecule has 4 rings (SSSR count). The van der Waals surface area contributed by atoms with Crippen molar-refractivity contribution in [2.45, 2.75) is 6.92 Å². The smallest absolute Gasteiger partial charge is 0.260 e. The monoisotopic (exact) mass is 378 g/mol. The van der Waals surface area contributed by atoms with Crippen molar-refractivity contribution < 1.29 is 4.79 Å². The third-order valence-corrected chi connectivity index (χ3v) is 4.83. The number of aromatic nitrogens is 1. The van der Waals surface area contributed by atoms with Gasteiger partial charge in [-0.15, -0.1) is 0 Å². The number of hydrogen-bond donors (Lipinski definition) is 0. The van der Waals surface area contributed by atoms with E-state index in [0.29, 0.717) is 17.9 Å². The highest BCUT2D eigenvalue weighted by molar-refractivity contribution is 6.30. The standard InChI is InChI=1S/C26H22N2O/c1-2-28(25-19-22-16-10-5-11-17-24(22)27-25)26(29)23(21-14-8-4-9-15-21)18-20-12-6-3-7-13-20/h3-19H,2H2,1H3/b23-18-. The second kappa shape index (κ2) is 8.53.